The van der Waals surface area contributed by atoms with E-state index in [1.54, 1.807) is 18.2 Å². The zero-order valence-corrected chi connectivity index (χ0v) is 14.6. The molecule has 0 saturated heterocycles. The Morgan fingerprint density at radius 2 is 1.44 bits per heavy atom. The number of carbonyl (C=O) groups excluding carboxylic acids is 1. The Kier molecular flexibility index (Phi) is 5.18. The van der Waals surface area contributed by atoms with E-state index in [1.807, 2.05) is 0 Å². The third kappa shape index (κ3) is 4.29. The maximum atomic E-state index is 13.7. The van der Waals surface area contributed by atoms with E-state index >= 15 is 0 Å². The first-order valence-electron chi connectivity index (χ1n) is 7.80. The average molecular weight is 388 g/mol. The van der Waals surface area contributed by atoms with Crippen LogP contribution in [0.1, 0.15) is 10.4 Å². The molecule has 2 N–H and O–H groups in total. The first-order chi connectivity index (χ1) is 12.9. The van der Waals surface area contributed by atoms with E-state index in [-0.39, 0.29) is 16.1 Å². The molecule has 0 saturated carbocycles. The van der Waals surface area contributed by atoms with Gasteiger partial charge in [-0.25, -0.2) is 17.2 Å². The summed E-state index contributed by atoms with van der Waals surface area (Å²) in [6, 6.07) is 16.5. The van der Waals surface area contributed by atoms with E-state index in [0.29, 0.717) is 0 Å². The van der Waals surface area contributed by atoms with Crippen LogP contribution in [0.5, 0.6) is 0 Å². The number of sulfonamides is 1. The van der Waals surface area contributed by atoms with Crippen LogP contribution >= 0.6 is 0 Å². The predicted octanol–water partition coefficient (Wildman–Crippen LogP) is 4.02. The molecule has 0 aliphatic heterocycles. The summed E-state index contributed by atoms with van der Waals surface area (Å²) in [5, 5.41) is 2.15. The van der Waals surface area contributed by atoms with E-state index in [4.69, 9.17) is 0 Å². The van der Waals surface area contributed by atoms with Crippen molar-refractivity contribution in [2.45, 2.75) is 4.90 Å². The van der Waals surface area contributed by atoms with Crippen LogP contribution in [0.4, 0.5) is 20.2 Å². The van der Waals surface area contributed by atoms with Crippen LogP contribution in [0, 0.1) is 11.6 Å². The lowest BCUT2D eigenvalue weighted by atomic mass is 10.2. The second-order valence-electron chi connectivity index (χ2n) is 5.55. The fraction of sp³-hybridized carbons (Fsp3) is 0. The standard InChI is InChI=1S/C19H14F2N2O3S/c20-16-10-5-11-17(21)18(16)22-19(24)13-6-4-7-14(12-13)23-27(25,26)15-8-2-1-3-9-15/h1-12,23H,(H,22,24). The summed E-state index contributed by atoms with van der Waals surface area (Å²) in [6.45, 7) is 0. The number of hydrogen-bond donors (Lipinski definition) is 2. The van der Waals surface area contributed by atoms with Crippen molar-refractivity contribution in [3.8, 4) is 0 Å². The molecule has 138 valence electrons. The van der Waals surface area contributed by atoms with Crippen LogP contribution in [0.25, 0.3) is 0 Å². The Hall–Kier alpha value is -3.26. The van der Waals surface area contributed by atoms with Gasteiger partial charge >= 0.3 is 0 Å². The van der Waals surface area contributed by atoms with Gasteiger partial charge in [-0.05, 0) is 42.5 Å². The Balaban J connectivity index is 1.82. The smallest absolute Gasteiger partial charge is 0.261 e. The topological polar surface area (TPSA) is 75.3 Å². The Labute approximate surface area is 154 Å². The molecule has 0 fully saturated rings. The maximum absolute atomic E-state index is 13.7. The van der Waals surface area contributed by atoms with Crippen LogP contribution in [-0.4, -0.2) is 14.3 Å². The highest BCUT2D eigenvalue weighted by Gasteiger charge is 2.16. The molecule has 0 aliphatic rings. The Morgan fingerprint density at radius 1 is 0.815 bits per heavy atom. The number of anilines is 2. The molecule has 0 aliphatic carbocycles. The van der Waals surface area contributed by atoms with E-state index < -0.39 is 33.3 Å². The predicted molar refractivity (Wildman–Crippen MR) is 98.0 cm³/mol. The molecule has 3 aromatic carbocycles. The zero-order valence-electron chi connectivity index (χ0n) is 13.8. The molecule has 27 heavy (non-hydrogen) atoms. The van der Waals surface area contributed by atoms with Crippen LogP contribution < -0.4 is 10.0 Å². The molecule has 3 rings (SSSR count). The lowest BCUT2D eigenvalue weighted by Crippen LogP contribution is -2.16. The van der Waals surface area contributed by atoms with Crippen molar-refractivity contribution in [2.24, 2.45) is 0 Å². The van der Waals surface area contributed by atoms with Gasteiger partial charge in [0.1, 0.15) is 17.3 Å². The molecule has 0 heterocycles. The number of nitrogens with one attached hydrogen (secondary N) is 2. The summed E-state index contributed by atoms with van der Waals surface area (Å²) in [5.74, 6) is -2.60. The van der Waals surface area contributed by atoms with Gasteiger partial charge in [0.2, 0.25) is 0 Å². The molecule has 0 bridgehead atoms. The van der Waals surface area contributed by atoms with Gasteiger partial charge in [-0.2, -0.15) is 0 Å². The van der Waals surface area contributed by atoms with Gasteiger partial charge in [0, 0.05) is 11.3 Å². The highest BCUT2D eigenvalue weighted by Crippen LogP contribution is 2.21. The van der Waals surface area contributed by atoms with Crippen molar-refractivity contribution in [3.63, 3.8) is 0 Å². The highest BCUT2D eigenvalue weighted by atomic mass is 32.2. The van der Waals surface area contributed by atoms with Crippen molar-refractivity contribution < 1.29 is 22.0 Å². The molecule has 3 aromatic rings. The van der Waals surface area contributed by atoms with Gasteiger partial charge in [0.15, 0.2) is 0 Å². The molecule has 0 atom stereocenters. The van der Waals surface area contributed by atoms with E-state index in [1.165, 1.54) is 42.5 Å². The number of para-hydroxylation sites is 1. The Bertz CT molecular complexity index is 1070. The van der Waals surface area contributed by atoms with Gasteiger partial charge in [-0.3, -0.25) is 9.52 Å². The number of benzene rings is 3. The Morgan fingerprint density at radius 3 is 2.11 bits per heavy atom. The summed E-state index contributed by atoms with van der Waals surface area (Å²) < 4.78 is 54.4. The molecule has 5 nitrogen and oxygen atoms in total. The summed E-state index contributed by atoms with van der Waals surface area (Å²) in [7, 11) is -3.83. The van der Waals surface area contributed by atoms with Gasteiger partial charge in [-0.15, -0.1) is 0 Å². The fourth-order valence-corrected chi connectivity index (χ4v) is 3.41. The SMILES string of the molecule is O=C(Nc1c(F)cccc1F)c1cccc(NS(=O)(=O)c2ccccc2)c1. The van der Waals surface area contributed by atoms with Crippen LogP contribution in [-0.2, 0) is 10.0 Å². The van der Waals surface area contributed by atoms with E-state index in [9.17, 15) is 22.0 Å². The second-order valence-corrected chi connectivity index (χ2v) is 7.23. The van der Waals surface area contributed by atoms with Crippen LogP contribution in [0.2, 0.25) is 0 Å². The third-order valence-corrected chi connectivity index (χ3v) is 5.03. The summed E-state index contributed by atoms with van der Waals surface area (Å²) in [5.41, 5.74) is -0.399. The van der Waals surface area contributed by atoms with Crippen molar-refractivity contribution in [1.29, 1.82) is 0 Å². The maximum Gasteiger partial charge on any atom is 0.261 e. The molecule has 0 unspecified atom stereocenters. The van der Waals surface area contributed by atoms with E-state index in [0.717, 1.165) is 12.1 Å². The normalized spacial score (nSPS) is 11.0. The van der Waals surface area contributed by atoms with Crippen molar-refractivity contribution in [3.05, 3.63) is 90.0 Å². The first kappa shape index (κ1) is 18.5. The number of hydrogen-bond acceptors (Lipinski definition) is 3. The second kappa shape index (κ2) is 7.55. The molecule has 0 spiro atoms. The first-order valence-corrected chi connectivity index (χ1v) is 9.28. The quantitative estimate of drug-likeness (QED) is 0.693. The molecular formula is C19H14F2N2O3S. The summed E-state index contributed by atoms with van der Waals surface area (Å²) in [6.07, 6.45) is 0. The average Bonchev–Trinajstić information content (AvgIpc) is 2.65. The van der Waals surface area contributed by atoms with Crippen LogP contribution in [0.3, 0.4) is 0 Å². The molecule has 1 amide bonds. The van der Waals surface area contributed by atoms with Gasteiger partial charge in [0.05, 0.1) is 4.90 Å². The van der Waals surface area contributed by atoms with Gasteiger partial charge in [0.25, 0.3) is 15.9 Å². The van der Waals surface area contributed by atoms with Crippen molar-refractivity contribution in [1.82, 2.24) is 0 Å². The van der Waals surface area contributed by atoms with Crippen molar-refractivity contribution >= 4 is 27.3 Å². The minimum Gasteiger partial charge on any atom is -0.317 e. The van der Waals surface area contributed by atoms with E-state index in [2.05, 4.69) is 10.0 Å². The third-order valence-electron chi connectivity index (χ3n) is 3.63. The van der Waals surface area contributed by atoms with Crippen LogP contribution in [0.15, 0.2) is 77.7 Å². The number of amides is 1. The lowest BCUT2D eigenvalue weighted by Gasteiger charge is -2.10. The highest BCUT2D eigenvalue weighted by molar-refractivity contribution is 7.92. The largest absolute Gasteiger partial charge is 0.317 e. The number of rotatable bonds is 5. The molecule has 0 radical (unpaired) electrons. The fourth-order valence-electron chi connectivity index (χ4n) is 2.34. The summed E-state index contributed by atoms with van der Waals surface area (Å²) >= 11 is 0. The minimum atomic E-state index is -3.83. The minimum absolute atomic E-state index is 0.0333. The van der Waals surface area contributed by atoms with Crippen molar-refractivity contribution in [2.75, 3.05) is 10.0 Å². The molecule has 8 heteroatoms. The lowest BCUT2D eigenvalue weighted by molar-refractivity contribution is 0.102. The molecule has 0 aromatic heterocycles. The number of halogens is 2. The summed E-state index contributed by atoms with van der Waals surface area (Å²) in [4.78, 5) is 12.3. The van der Waals surface area contributed by atoms with Gasteiger partial charge < -0.3 is 5.32 Å². The zero-order chi connectivity index (χ0) is 19.4. The number of carbonyl (C=O) groups is 1. The molecular weight excluding hydrogens is 374 g/mol. The van der Waals surface area contributed by atoms with Gasteiger partial charge in [-0.1, -0.05) is 30.3 Å². The monoisotopic (exact) mass is 388 g/mol.